The zero-order valence-corrected chi connectivity index (χ0v) is 11.3. The number of ether oxygens (including phenoxy) is 2. The number of methoxy groups -OCH3 is 1. The molecule has 94 valence electrons. The SMILES string of the molecule is CC(C)OC(C)C.COC(C)(C)CCO. The molecule has 0 spiro atoms. The van der Waals surface area contributed by atoms with Crippen molar-refractivity contribution in [3.8, 4) is 0 Å². The maximum Gasteiger partial charge on any atom is 0.0644 e. The van der Waals surface area contributed by atoms with E-state index in [1.165, 1.54) is 0 Å². The van der Waals surface area contributed by atoms with Crippen LogP contribution in [0.1, 0.15) is 48.0 Å². The molecule has 0 saturated heterocycles. The van der Waals surface area contributed by atoms with Gasteiger partial charge in [0.15, 0.2) is 0 Å². The monoisotopic (exact) mass is 220 g/mol. The molecular weight excluding hydrogens is 192 g/mol. The first kappa shape index (κ1) is 17.3. The molecule has 0 unspecified atom stereocenters. The van der Waals surface area contributed by atoms with E-state index >= 15 is 0 Å². The van der Waals surface area contributed by atoms with Crippen molar-refractivity contribution in [2.45, 2.75) is 65.8 Å². The van der Waals surface area contributed by atoms with Gasteiger partial charge < -0.3 is 14.6 Å². The Morgan fingerprint density at radius 3 is 1.53 bits per heavy atom. The molecule has 0 fully saturated rings. The van der Waals surface area contributed by atoms with Gasteiger partial charge >= 0.3 is 0 Å². The van der Waals surface area contributed by atoms with Crippen LogP contribution in [0.15, 0.2) is 0 Å². The van der Waals surface area contributed by atoms with Gasteiger partial charge in [-0.25, -0.2) is 0 Å². The first-order chi connectivity index (χ1) is 6.75. The average molecular weight is 220 g/mol. The summed E-state index contributed by atoms with van der Waals surface area (Å²) in [5.41, 5.74) is -0.158. The molecule has 15 heavy (non-hydrogen) atoms. The van der Waals surface area contributed by atoms with E-state index in [-0.39, 0.29) is 12.2 Å². The molecule has 0 aliphatic rings. The van der Waals surface area contributed by atoms with Crippen LogP contribution in [-0.2, 0) is 9.47 Å². The topological polar surface area (TPSA) is 38.7 Å². The Kier molecular flexibility index (Phi) is 10.5. The van der Waals surface area contributed by atoms with Crippen molar-refractivity contribution in [1.29, 1.82) is 0 Å². The van der Waals surface area contributed by atoms with Crippen molar-refractivity contribution in [3.63, 3.8) is 0 Å². The number of rotatable bonds is 5. The fraction of sp³-hybridized carbons (Fsp3) is 1.00. The summed E-state index contributed by atoms with van der Waals surface area (Å²) in [4.78, 5) is 0. The smallest absolute Gasteiger partial charge is 0.0644 e. The largest absolute Gasteiger partial charge is 0.396 e. The molecule has 0 amide bonds. The van der Waals surface area contributed by atoms with Gasteiger partial charge in [-0.2, -0.15) is 0 Å². The third-order valence-electron chi connectivity index (χ3n) is 1.81. The minimum atomic E-state index is -0.158. The molecule has 0 rings (SSSR count). The van der Waals surface area contributed by atoms with Crippen LogP contribution in [-0.4, -0.2) is 36.6 Å². The Hall–Kier alpha value is -0.120. The predicted molar refractivity (Wildman–Crippen MR) is 64.1 cm³/mol. The van der Waals surface area contributed by atoms with Gasteiger partial charge in [0.1, 0.15) is 0 Å². The lowest BCUT2D eigenvalue weighted by Crippen LogP contribution is -2.23. The van der Waals surface area contributed by atoms with Gasteiger partial charge in [-0.15, -0.1) is 0 Å². The van der Waals surface area contributed by atoms with Crippen LogP contribution in [0.2, 0.25) is 0 Å². The fourth-order valence-electron chi connectivity index (χ4n) is 0.916. The van der Waals surface area contributed by atoms with E-state index in [1.807, 2.05) is 41.5 Å². The molecule has 0 aromatic carbocycles. The minimum absolute atomic E-state index is 0.158. The van der Waals surface area contributed by atoms with Crippen molar-refractivity contribution in [2.24, 2.45) is 0 Å². The molecule has 0 heterocycles. The highest BCUT2D eigenvalue weighted by atomic mass is 16.5. The molecule has 0 aliphatic carbocycles. The Morgan fingerprint density at radius 2 is 1.47 bits per heavy atom. The van der Waals surface area contributed by atoms with Gasteiger partial charge in [0.2, 0.25) is 0 Å². The number of hydrogen-bond donors (Lipinski definition) is 1. The van der Waals surface area contributed by atoms with Crippen LogP contribution in [0, 0.1) is 0 Å². The second-order valence-corrected chi connectivity index (χ2v) is 4.67. The van der Waals surface area contributed by atoms with E-state index < -0.39 is 0 Å². The molecule has 0 radical (unpaired) electrons. The third-order valence-corrected chi connectivity index (χ3v) is 1.81. The zero-order valence-electron chi connectivity index (χ0n) is 11.3. The van der Waals surface area contributed by atoms with E-state index in [2.05, 4.69) is 0 Å². The summed E-state index contributed by atoms with van der Waals surface area (Å²) in [7, 11) is 1.65. The standard InChI is InChI=1S/C6H14O2.C6H14O/c1-6(2,8-3)4-5-7;1-5(2)7-6(3)4/h7H,4-5H2,1-3H3;5-6H,1-4H3. The number of aliphatic hydroxyl groups excluding tert-OH is 1. The van der Waals surface area contributed by atoms with Gasteiger partial charge in [-0.3, -0.25) is 0 Å². The molecule has 0 bridgehead atoms. The summed E-state index contributed by atoms with van der Waals surface area (Å²) >= 11 is 0. The lowest BCUT2D eigenvalue weighted by molar-refractivity contribution is 0.00292. The highest BCUT2D eigenvalue weighted by Crippen LogP contribution is 2.10. The van der Waals surface area contributed by atoms with E-state index in [1.54, 1.807) is 7.11 Å². The van der Waals surface area contributed by atoms with Gasteiger partial charge in [0.05, 0.1) is 17.8 Å². The van der Waals surface area contributed by atoms with Crippen molar-refractivity contribution in [2.75, 3.05) is 13.7 Å². The molecule has 0 aromatic heterocycles. The molecular formula is C12H28O3. The highest BCUT2D eigenvalue weighted by Gasteiger charge is 2.13. The maximum absolute atomic E-state index is 8.45. The highest BCUT2D eigenvalue weighted by molar-refractivity contribution is 4.65. The summed E-state index contributed by atoms with van der Waals surface area (Å²) in [5.74, 6) is 0. The van der Waals surface area contributed by atoms with E-state index in [0.717, 1.165) is 0 Å². The van der Waals surface area contributed by atoms with Crippen LogP contribution >= 0.6 is 0 Å². The summed E-state index contributed by atoms with van der Waals surface area (Å²) < 4.78 is 10.3. The summed E-state index contributed by atoms with van der Waals surface area (Å²) in [6.45, 7) is 12.3. The molecule has 3 heteroatoms. The lowest BCUT2D eigenvalue weighted by Gasteiger charge is -2.20. The summed E-state index contributed by atoms with van der Waals surface area (Å²) in [6.07, 6.45) is 1.45. The quantitative estimate of drug-likeness (QED) is 0.774. The Labute approximate surface area is 94.8 Å². The minimum Gasteiger partial charge on any atom is -0.396 e. The summed E-state index contributed by atoms with van der Waals surface area (Å²) in [6, 6.07) is 0. The predicted octanol–water partition coefficient (Wildman–Crippen LogP) is 2.61. The van der Waals surface area contributed by atoms with Crippen molar-refractivity contribution < 1.29 is 14.6 Å². The summed E-state index contributed by atoms with van der Waals surface area (Å²) in [5, 5.41) is 8.45. The van der Waals surface area contributed by atoms with Gasteiger partial charge in [-0.1, -0.05) is 0 Å². The van der Waals surface area contributed by atoms with Crippen molar-refractivity contribution in [1.82, 2.24) is 0 Å². The molecule has 0 aliphatic heterocycles. The maximum atomic E-state index is 8.45. The lowest BCUT2D eigenvalue weighted by atomic mass is 10.1. The van der Waals surface area contributed by atoms with Gasteiger partial charge in [-0.05, 0) is 48.0 Å². The Bertz CT molecular complexity index is 125. The molecule has 3 nitrogen and oxygen atoms in total. The van der Waals surface area contributed by atoms with Crippen molar-refractivity contribution in [3.05, 3.63) is 0 Å². The first-order valence-corrected chi connectivity index (χ1v) is 5.56. The Balaban J connectivity index is 0. The molecule has 0 aromatic rings. The number of aliphatic hydroxyl groups is 1. The zero-order chi connectivity index (χ0) is 12.5. The van der Waals surface area contributed by atoms with Crippen LogP contribution in [0.4, 0.5) is 0 Å². The normalized spacial score (nSPS) is 11.6. The van der Waals surface area contributed by atoms with Crippen LogP contribution in [0.5, 0.6) is 0 Å². The average Bonchev–Trinajstić information content (AvgIpc) is 2.02. The van der Waals surface area contributed by atoms with Gasteiger partial charge in [0, 0.05) is 13.7 Å². The second-order valence-electron chi connectivity index (χ2n) is 4.67. The first-order valence-electron chi connectivity index (χ1n) is 5.56. The van der Waals surface area contributed by atoms with E-state index in [9.17, 15) is 0 Å². The van der Waals surface area contributed by atoms with E-state index in [4.69, 9.17) is 14.6 Å². The van der Waals surface area contributed by atoms with Crippen LogP contribution in [0.3, 0.4) is 0 Å². The second kappa shape index (κ2) is 9.13. The third kappa shape index (κ3) is 16.5. The van der Waals surface area contributed by atoms with Gasteiger partial charge in [0.25, 0.3) is 0 Å². The Morgan fingerprint density at radius 1 is 1.07 bits per heavy atom. The molecule has 1 N–H and O–H groups in total. The molecule has 0 saturated carbocycles. The fourth-order valence-corrected chi connectivity index (χ4v) is 0.916. The van der Waals surface area contributed by atoms with E-state index in [0.29, 0.717) is 18.6 Å². The number of hydrogen-bond acceptors (Lipinski definition) is 3. The van der Waals surface area contributed by atoms with Crippen molar-refractivity contribution >= 4 is 0 Å². The van der Waals surface area contributed by atoms with Crippen LogP contribution in [0.25, 0.3) is 0 Å². The van der Waals surface area contributed by atoms with Crippen LogP contribution < -0.4 is 0 Å². The molecule has 0 atom stereocenters.